The van der Waals surface area contributed by atoms with E-state index in [0.717, 1.165) is 16.7 Å². The number of nitrogens with zero attached hydrogens (tertiary/aromatic N) is 1. The highest BCUT2D eigenvalue weighted by Crippen LogP contribution is 2.21. The Kier molecular flexibility index (Phi) is 4.57. The van der Waals surface area contributed by atoms with E-state index >= 15 is 0 Å². The Morgan fingerprint density at radius 1 is 1.16 bits per heavy atom. The SMILES string of the molecule is Cc1ccc(-c2cccc(CNC(=O)C3=C(O)C(=O)N(C)C3)c2)cc1. The first-order valence-electron chi connectivity index (χ1n) is 8.07. The highest BCUT2D eigenvalue weighted by molar-refractivity contribution is 6.06. The third-order valence-corrected chi connectivity index (χ3v) is 4.27. The zero-order valence-corrected chi connectivity index (χ0v) is 14.2. The van der Waals surface area contributed by atoms with Crippen LogP contribution in [0.1, 0.15) is 11.1 Å². The number of rotatable bonds is 4. The Balaban J connectivity index is 1.70. The molecule has 0 aromatic heterocycles. The second-order valence-electron chi connectivity index (χ2n) is 6.24. The number of aliphatic hydroxyl groups is 1. The highest BCUT2D eigenvalue weighted by Gasteiger charge is 2.31. The van der Waals surface area contributed by atoms with Gasteiger partial charge in [-0.25, -0.2) is 0 Å². The summed E-state index contributed by atoms with van der Waals surface area (Å²) >= 11 is 0. The molecule has 1 aliphatic heterocycles. The van der Waals surface area contributed by atoms with Crippen molar-refractivity contribution in [2.75, 3.05) is 13.6 Å². The lowest BCUT2D eigenvalue weighted by Gasteiger charge is -2.09. The van der Waals surface area contributed by atoms with E-state index in [1.165, 1.54) is 10.5 Å². The van der Waals surface area contributed by atoms with Crippen LogP contribution >= 0.6 is 0 Å². The molecular weight excluding hydrogens is 316 g/mol. The van der Waals surface area contributed by atoms with Gasteiger partial charge in [-0.15, -0.1) is 0 Å². The molecule has 1 heterocycles. The molecule has 0 spiro atoms. The molecule has 3 rings (SSSR count). The number of aryl methyl sites for hydroxylation is 1. The molecule has 2 N–H and O–H groups in total. The average Bonchev–Trinajstić information content (AvgIpc) is 2.88. The van der Waals surface area contributed by atoms with Crippen LogP contribution in [0.4, 0.5) is 0 Å². The van der Waals surface area contributed by atoms with Crippen LogP contribution in [-0.4, -0.2) is 35.4 Å². The molecule has 0 radical (unpaired) electrons. The van der Waals surface area contributed by atoms with Crippen molar-refractivity contribution in [1.82, 2.24) is 10.2 Å². The molecule has 0 saturated heterocycles. The van der Waals surface area contributed by atoms with Gasteiger partial charge in [-0.1, -0.05) is 48.0 Å². The van der Waals surface area contributed by atoms with Crippen LogP contribution in [0, 0.1) is 6.92 Å². The fourth-order valence-electron chi connectivity index (χ4n) is 2.77. The zero-order chi connectivity index (χ0) is 18.0. The fourth-order valence-corrected chi connectivity index (χ4v) is 2.77. The maximum atomic E-state index is 12.2. The van der Waals surface area contributed by atoms with Gasteiger partial charge in [0.25, 0.3) is 11.8 Å². The summed E-state index contributed by atoms with van der Waals surface area (Å²) in [5.74, 6) is -1.41. The largest absolute Gasteiger partial charge is 0.503 e. The number of hydrogen-bond acceptors (Lipinski definition) is 3. The number of likely N-dealkylation sites (N-methyl/N-ethyl adjacent to an activating group) is 1. The van der Waals surface area contributed by atoms with Crippen molar-refractivity contribution < 1.29 is 14.7 Å². The lowest BCUT2D eigenvalue weighted by molar-refractivity contribution is -0.126. The first-order valence-corrected chi connectivity index (χ1v) is 8.07. The fraction of sp³-hybridized carbons (Fsp3) is 0.200. The van der Waals surface area contributed by atoms with Crippen LogP contribution < -0.4 is 5.32 Å². The van der Waals surface area contributed by atoms with Crippen molar-refractivity contribution in [2.45, 2.75) is 13.5 Å². The molecule has 0 unspecified atom stereocenters. The standard InChI is InChI=1S/C20H20N2O3/c1-13-6-8-15(9-7-13)16-5-3-4-14(10-16)11-21-19(24)17-12-22(2)20(25)18(17)23/h3-10,23H,11-12H2,1-2H3,(H,21,24). The number of carbonyl (C=O) groups is 2. The topological polar surface area (TPSA) is 69.6 Å². The summed E-state index contributed by atoms with van der Waals surface area (Å²) in [5, 5.41) is 12.5. The molecule has 25 heavy (non-hydrogen) atoms. The molecule has 5 heteroatoms. The number of benzene rings is 2. The number of carbonyl (C=O) groups excluding carboxylic acids is 2. The maximum absolute atomic E-state index is 12.2. The molecular formula is C20H20N2O3. The summed E-state index contributed by atoms with van der Waals surface area (Å²) in [7, 11) is 1.55. The van der Waals surface area contributed by atoms with Gasteiger partial charge in [0.15, 0.2) is 5.76 Å². The summed E-state index contributed by atoms with van der Waals surface area (Å²) in [6, 6.07) is 16.2. The molecule has 2 aromatic carbocycles. The van der Waals surface area contributed by atoms with E-state index in [1.54, 1.807) is 7.05 Å². The quantitative estimate of drug-likeness (QED) is 0.901. The van der Waals surface area contributed by atoms with Crippen molar-refractivity contribution >= 4 is 11.8 Å². The third-order valence-electron chi connectivity index (χ3n) is 4.27. The van der Waals surface area contributed by atoms with E-state index < -0.39 is 17.6 Å². The van der Waals surface area contributed by atoms with Crippen LogP contribution in [0.15, 0.2) is 59.9 Å². The summed E-state index contributed by atoms with van der Waals surface area (Å²) in [6.45, 7) is 2.50. The smallest absolute Gasteiger partial charge is 0.289 e. The van der Waals surface area contributed by atoms with Crippen molar-refractivity contribution in [2.24, 2.45) is 0 Å². The summed E-state index contributed by atoms with van der Waals surface area (Å²) in [6.07, 6.45) is 0. The molecule has 1 aliphatic rings. The highest BCUT2D eigenvalue weighted by atomic mass is 16.3. The molecule has 0 aliphatic carbocycles. The Hall–Kier alpha value is -3.08. The zero-order valence-electron chi connectivity index (χ0n) is 14.2. The van der Waals surface area contributed by atoms with Gasteiger partial charge in [-0.3, -0.25) is 9.59 Å². The second kappa shape index (κ2) is 6.81. The van der Waals surface area contributed by atoms with Gasteiger partial charge >= 0.3 is 0 Å². The molecule has 0 fully saturated rings. The van der Waals surface area contributed by atoms with E-state index in [-0.39, 0.29) is 12.1 Å². The Labute approximate surface area is 146 Å². The number of nitrogens with one attached hydrogen (secondary N) is 1. The van der Waals surface area contributed by atoms with Crippen LogP contribution in [0.5, 0.6) is 0 Å². The van der Waals surface area contributed by atoms with E-state index in [4.69, 9.17) is 0 Å². The van der Waals surface area contributed by atoms with Gasteiger partial charge < -0.3 is 15.3 Å². The maximum Gasteiger partial charge on any atom is 0.289 e. The first kappa shape index (κ1) is 16.8. The van der Waals surface area contributed by atoms with Gasteiger partial charge in [-0.2, -0.15) is 0 Å². The lowest BCUT2D eigenvalue weighted by atomic mass is 10.0. The average molecular weight is 336 g/mol. The van der Waals surface area contributed by atoms with Crippen LogP contribution in [0.2, 0.25) is 0 Å². The predicted molar refractivity (Wildman–Crippen MR) is 95.8 cm³/mol. The predicted octanol–water partition coefficient (Wildman–Crippen LogP) is 2.56. The molecule has 2 amide bonds. The summed E-state index contributed by atoms with van der Waals surface area (Å²) < 4.78 is 0. The second-order valence-corrected chi connectivity index (χ2v) is 6.24. The molecule has 0 bridgehead atoms. The van der Waals surface area contributed by atoms with Crippen molar-refractivity contribution in [3.05, 3.63) is 71.0 Å². The van der Waals surface area contributed by atoms with Crippen molar-refractivity contribution in [3.63, 3.8) is 0 Å². The molecule has 0 saturated carbocycles. The van der Waals surface area contributed by atoms with Gasteiger partial charge in [0, 0.05) is 13.6 Å². The summed E-state index contributed by atoms with van der Waals surface area (Å²) in [5.41, 5.74) is 4.45. The van der Waals surface area contributed by atoms with E-state index in [1.807, 2.05) is 31.2 Å². The lowest BCUT2D eigenvalue weighted by Crippen LogP contribution is -2.27. The minimum atomic E-state index is -0.522. The molecule has 2 aromatic rings. The number of hydrogen-bond donors (Lipinski definition) is 2. The Morgan fingerprint density at radius 3 is 2.52 bits per heavy atom. The van der Waals surface area contributed by atoms with Crippen molar-refractivity contribution in [1.29, 1.82) is 0 Å². The Morgan fingerprint density at radius 2 is 1.88 bits per heavy atom. The number of aliphatic hydroxyl groups excluding tert-OH is 1. The first-order chi connectivity index (χ1) is 12.0. The Bertz CT molecular complexity index is 853. The third kappa shape index (κ3) is 3.55. The number of amides is 2. The molecule has 128 valence electrons. The van der Waals surface area contributed by atoms with Gasteiger partial charge in [0.2, 0.25) is 0 Å². The van der Waals surface area contributed by atoms with E-state index in [2.05, 4.69) is 29.6 Å². The van der Waals surface area contributed by atoms with Gasteiger partial charge in [0.1, 0.15) is 0 Å². The molecule has 5 nitrogen and oxygen atoms in total. The van der Waals surface area contributed by atoms with Crippen LogP contribution in [-0.2, 0) is 16.1 Å². The molecule has 0 atom stereocenters. The van der Waals surface area contributed by atoms with Crippen LogP contribution in [0.3, 0.4) is 0 Å². The minimum absolute atomic E-state index is 0.113. The van der Waals surface area contributed by atoms with Crippen LogP contribution in [0.25, 0.3) is 11.1 Å². The van der Waals surface area contributed by atoms with E-state index in [9.17, 15) is 14.7 Å². The minimum Gasteiger partial charge on any atom is -0.503 e. The van der Waals surface area contributed by atoms with Crippen molar-refractivity contribution in [3.8, 4) is 11.1 Å². The normalized spacial score (nSPS) is 14.2. The van der Waals surface area contributed by atoms with Gasteiger partial charge in [-0.05, 0) is 29.7 Å². The van der Waals surface area contributed by atoms with E-state index in [0.29, 0.717) is 6.54 Å². The monoisotopic (exact) mass is 336 g/mol. The van der Waals surface area contributed by atoms with Gasteiger partial charge in [0.05, 0.1) is 12.1 Å². The summed E-state index contributed by atoms with van der Waals surface area (Å²) in [4.78, 5) is 25.1.